The number of benzene rings is 1. The van der Waals surface area contributed by atoms with Crippen molar-refractivity contribution in [2.75, 3.05) is 0 Å². The van der Waals surface area contributed by atoms with Gasteiger partial charge in [0.1, 0.15) is 6.04 Å². The molecule has 0 bridgehead atoms. The Kier molecular flexibility index (Phi) is 4.40. The Morgan fingerprint density at radius 1 is 1.24 bits per heavy atom. The molecule has 0 radical (unpaired) electrons. The van der Waals surface area contributed by atoms with Crippen molar-refractivity contribution >= 4 is 11.8 Å². The predicted molar refractivity (Wildman–Crippen MR) is 65.1 cm³/mol. The zero-order valence-electron chi connectivity index (χ0n) is 10.0. The second kappa shape index (κ2) is 5.59. The van der Waals surface area contributed by atoms with Gasteiger partial charge in [-0.3, -0.25) is 9.59 Å². The monoisotopic (exact) mass is 235 g/mol. The molecule has 0 spiro atoms. The normalized spacial score (nSPS) is 12.5. The van der Waals surface area contributed by atoms with Gasteiger partial charge >= 0.3 is 5.97 Å². The van der Waals surface area contributed by atoms with Crippen LogP contribution >= 0.6 is 0 Å². The van der Waals surface area contributed by atoms with E-state index in [0.717, 1.165) is 5.56 Å². The summed E-state index contributed by atoms with van der Waals surface area (Å²) in [5, 5.41) is 8.62. The second-order valence-corrected chi connectivity index (χ2v) is 4.35. The fraction of sp³-hybridized carbons (Fsp3) is 0.385. The van der Waals surface area contributed by atoms with Gasteiger partial charge in [-0.2, -0.15) is 0 Å². The van der Waals surface area contributed by atoms with Gasteiger partial charge in [0, 0.05) is 12.0 Å². The molecule has 0 fully saturated rings. The third-order valence-electron chi connectivity index (χ3n) is 2.62. The number of nitrogens with two attached hydrogens (primary N) is 1. The van der Waals surface area contributed by atoms with Crippen molar-refractivity contribution in [3.63, 3.8) is 0 Å². The minimum atomic E-state index is -1.16. The molecule has 0 unspecified atom stereocenters. The Bertz CT molecular complexity index is 409. The number of carboxylic acids is 1. The van der Waals surface area contributed by atoms with Gasteiger partial charge in [-0.25, -0.2) is 0 Å². The molecule has 4 nitrogen and oxygen atoms in total. The average Bonchev–Trinajstić information content (AvgIpc) is 2.28. The van der Waals surface area contributed by atoms with Crippen molar-refractivity contribution in [2.45, 2.75) is 32.2 Å². The van der Waals surface area contributed by atoms with Crippen LogP contribution in [0.25, 0.3) is 0 Å². The maximum absolute atomic E-state index is 11.7. The van der Waals surface area contributed by atoms with Crippen LogP contribution in [0.2, 0.25) is 0 Å². The molecule has 0 aliphatic rings. The molecule has 1 aromatic carbocycles. The van der Waals surface area contributed by atoms with E-state index in [1.807, 2.05) is 12.1 Å². The highest BCUT2D eigenvalue weighted by molar-refractivity contribution is 5.98. The van der Waals surface area contributed by atoms with Gasteiger partial charge in [-0.15, -0.1) is 0 Å². The van der Waals surface area contributed by atoms with Crippen molar-refractivity contribution in [2.24, 2.45) is 5.73 Å². The fourth-order valence-corrected chi connectivity index (χ4v) is 1.46. The number of hydrogen-bond donors (Lipinski definition) is 2. The van der Waals surface area contributed by atoms with E-state index in [1.165, 1.54) is 0 Å². The van der Waals surface area contributed by atoms with Crippen LogP contribution in [0.1, 0.15) is 42.1 Å². The highest BCUT2D eigenvalue weighted by Crippen LogP contribution is 2.15. The first-order chi connectivity index (χ1) is 7.91. The first-order valence-electron chi connectivity index (χ1n) is 5.53. The van der Waals surface area contributed by atoms with Crippen LogP contribution in [-0.4, -0.2) is 22.9 Å². The van der Waals surface area contributed by atoms with E-state index in [4.69, 9.17) is 10.8 Å². The minimum absolute atomic E-state index is 0.170. The number of aliphatic carboxylic acids is 1. The highest BCUT2D eigenvalue weighted by atomic mass is 16.4. The number of carboxylic acid groups (broad SMARTS) is 1. The summed E-state index contributed by atoms with van der Waals surface area (Å²) in [7, 11) is 0. The summed E-state index contributed by atoms with van der Waals surface area (Å²) >= 11 is 0. The SMILES string of the molecule is CC(C)c1ccc(C(=O)C[C@H](N)C(=O)O)cc1. The maximum atomic E-state index is 11.7. The molecule has 92 valence electrons. The van der Waals surface area contributed by atoms with Crippen LogP contribution in [0, 0.1) is 0 Å². The number of carbonyl (C=O) groups excluding carboxylic acids is 1. The van der Waals surface area contributed by atoms with E-state index in [0.29, 0.717) is 11.5 Å². The lowest BCUT2D eigenvalue weighted by atomic mass is 9.98. The Morgan fingerprint density at radius 2 is 1.76 bits per heavy atom. The quantitative estimate of drug-likeness (QED) is 0.762. The first-order valence-corrected chi connectivity index (χ1v) is 5.53. The Hall–Kier alpha value is -1.68. The molecule has 17 heavy (non-hydrogen) atoms. The summed E-state index contributed by atoms with van der Waals surface area (Å²) in [5.41, 5.74) is 6.96. The third-order valence-corrected chi connectivity index (χ3v) is 2.62. The van der Waals surface area contributed by atoms with E-state index in [-0.39, 0.29) is 12.2 Å². The van der Waals surface area contributed by atoms with E-state index in [1.54, 1.807) is 12.1 Å². The molecular formula is C13H17NO3. The number of carbonyl (C=O) groups is 2. The van der Waals surface area contributed by atoms with Crippen molar-refractivity contribution < 1.29 is 14.7 Å². The van der Waals surface area contributed by atoms with Crippen LogP contribution < -0.4 is 5.73 Å². The van der Waals surface area contributed by atoms with Gasteiger partial charge < -0.3 is 10.8 Å². The maximum Gasteiger partial charge on any atom is 0.320 e. The van der Waals surface area contributed by atoms with Crippen LogP contribution in [0.4, 0.5) is 0 Å². The zero-order chi connectivity index (χ0) is 13.0. The van der Waals surface area contributed by atoms with E-state index in [9.17, 15) is 9.59 Å². The van der Waals surface area contributed by atoms with Gasteiger partial charge in [0.2, 0.25) is 0 Å². The number of rotatable bonds is 5. The minimum Gasteiger partial charge on any atom is -0.480 e. The zero-order valence-corrected chi connectivity index (χ0v) is 10.0. The summed E-state index contributed by atoms with van der Waals surface area (Å²) < 4.78 is 0. The molecule has 0 saturated carbocycles. The molecule has 0 aromatic heterocycles. The smallest absolute Gasteiger partial charge is 0.320 e. The molecule has 1 rings (SSSR count). The summed E-state index contributed by atoms with van der Waals surface area (Å²) in [4.78, 5) is 22.2. The summed E-state index contributed by atoms with van der Waals surface area (Å²) in [5.74, 6) is -0.993. The number of ketones is 1. The van der Waals surface area contributed by atoms with Crippen molar-refractivity contribution in [3.05, 3.63) is 35.4 Å². The van der Waals surface area contributed by atoms with Crippen LogP contribution in [0.3, 0.4) is 0 Å². The van der Waals surface area contributed by atoms with Crippen molar-refractivity contribution in [3.8, 4) is 0 Å². The number of hydrogen-bond acceptors (Lipinski definition) is 3. The van der Waals surface area contributed by atoms with Crippen LogP contribution in [0.5, 0.6) is 0 Å². The summed E-state index contributed by atoms with van der Waals surface area (Å²) in [6.45, 7) is 4.13. The van der Waals surface area contributed by atoms with Crippen LogP contribution in [0.15, 0.2) is 24.3 Å². The highest BCUT2D eigenvalue weighted by Gasteiger charge is 2.17. The molecule has 0 saturated heterocycles. The van der Waals surface area contributed by atoms with Gasteiger partial charge in [0.15, 0.2) is 5.78 Å². The van der Waals surface area contributed by atoms with E-state index < -0.39 is 12.0 Å². The average molecular weight is 235 g/mol. The summed E-state index contributed by atoms with van der Waals surface area (Å²) in [6.07, 6.45) is -0.170. The van der Waals surface area contributed by atoms with Gasteiger partial charge in [-0.1, -0.05) is 38.1 Å². The van der Waals surface area contributed by atoms with Crippen molar-refractivity contribution in [1.29, 1.82) is 0 Å². The molecule has 3 N–H and O–H groups in total. The number of Topliss-reactive ketones (excluding diaryl/α,β-unsaturated/α-hetero) is 1. The first kappa shape index (κ1) is 13.4. The van der Waals surface area contributed by atoms with Crippen molar-refractivity contribution in [1.82, 2.24) is 0 Å². The Balaban J connectivity index is 2.73. The van der Waals surface area contributed by atoms with Gasteiger partial charge in [0.25, 0.3) is 0 Å². The molecule has 1 atom stereocenters. The molecule has 1 aromatic rings. The Morgan fingerprint density at radius 3 is 2.18 bits per heavy atom. The Labute approximate surface area is 100 Å². The molecule has 0 amide bonds. The largest absolute Gasteiger partial charge is 0.480 e. The standard InChI is InChI=1S/C13H17NO3/c1-8(2)9-3-5-10(6-4-9)12(15)7-11(14)13(16)17/h3-6,8,11H,7,14H2,1-2H3,(H,16,17)/t11-/m0/s1. The lowest BCUT2D eigenvalue weighted by molar-refractivity contribution is -0.138. The molecule has 0 heterocycles. The predicted octanol–water partition coefficient (Wildman–Crippen LogP) is 1.79. The van der Waals surface area contributed by atoms with Gasteiger partial charge in [-0.05, 0) is 11.5 Å². The third kappa shape index (κ3) is 3.67. The van der Waals surface area contributed by atoms with E-state index >= 15 is 0 Å². The molecule has 4 heteroatoms. The lowest BCUT2D eigenvalue weighted by Gasteiger charge is -2.08. The second-order valence-electron chi connectivity index (χ2n) is 4.35. The fourth-order valence-electron chi connectivity index (χ4n) is 1.46. The van der Waals surface area contributed by atoms with Crippen LogP contribution in [-0.2, 0) is 4.79 Å². The summed E-state index contributed by atoms with van der Waals surface area (Å²) in [6, 6.07) is 6.06. The molecule has 0 aliphatic heterocycles. The molecule has 0 aliphatic carbocycles. The lowest BCUT2D eigenvalue weighted by Crippen LogP contribution is -2.32. The van der Waals surface area contributed by atoms with Gasteiger partial charge in [0.05, 0.1) is 0 Å². The van der Waals surface area contributed by atoms with E-state index in [2.05, 4.69) is 13.8 Å². The molecular weight excluding hydrogens is 218 g/mol. The topological polar surface area (TPSA) is 80.4 Å².